The van der Waals surface area contributed by atoms with Crippen LogP contribution in [0.3, 0.4) is 0 Å². The zero-order valence-corrected chi connectivity index (χ0v) is 19.7. The lowest BCUT2D eigenvalue weighted by Gasteiger charge is -2.25. The van der Waals surface area contributed by atoms with Crippen LogP contribution >= 0.6 is 0 Å². The zero-order valence-electron chi connectivity index (χ0n) is 18.8. The van der Waals surface area contributed by atoms with Gasteiger partial charge in [0, 0.05) is 0 Å². The Labute approximate surface area is 187 Å². The highest BCUT2D eigenvalue weighted by Gasteiger charge is 2.26. The molecule has 0 unspecified atom stereocenters. The normalized spacial score (nSPS) is 11.5. The fraction of sp³-hybridized carbons (Fsp3) is 0.333. The molecule has 0 bridgehead atoms. The molecule has 0 aliphatic heterocycles. The monoisotopic (exact) mass is 435 g/mol. The number of hydrogen-bond donors (Lipinski definition) is 0. The van der Waals surface area contributed by atoms with Gasteiger partial charge in [-0.05, 0) is 80.1 Å². The summed E-state index contributed by atoms with van der Waals surface area (Å²) in [6, 6.07) is 22.9. The van der Waals surface area contributed by atoms with Crippen molar-refractivity contribution < 1.29 is 8.42 Å². The Kier molecular flexibility index (Phi) is 7.91. The van der Waals surface area contributed by atoms with Gasteiger partial charge in [-0.25, -0.2) is 12.7 Å². The number of nitrogens with zero attached hydrogens (tertiary/aromatic N) is 1. The standard InChI is InChI=1S/C27H33NO2S/c1-4-6-8-23-12-16-25(17-13-23)28(26-18-14-24(15-19-26)9-7-5-2)31(29,30)27-20-10-22(3)11-21-27/h10-21H,4-9H2,1-3H3. The highest BCUT2D eigenvalue weighted by atomic mass is 32.2. The second-order valence-corrected chi connectivity index (χ2v) is 9.91. The van der Waals surface area contributed by atoms with Crippen LogP contribution in [0.5, 0.6) is 0 Å². The maximum atomic E-state index is 13.7. The summed E-state index contributed by atoms with van der Waals surface area (Å²) >= 11 is 0. The summed E-state index contributed by atoms with van der Waals surface area (Å²) < 4.78 is 28.8. The zero-order chi connectivity index (χ0) is 22.3. The topological polar surface area (TPSA) is 37.4 Å². The maximum absolute atomic E-state index is 13.7. The predicted octanol–water partition coefficient (Wildman–Crippen LogP) is 7.21. The van der Waals surface area contributed by atoms with E-state index in [9.17, 15) is 8.42 Å². The van der Waals surface area contributed by atoms with Crippen molar-refractivity contribution in [1.82, 2.24) is 0 Å². The van der Waals surface area contributed by atoms with Crippen molar-refractivity contribution in [3.8, 4) is 0 Å². The predicted molar refractivity (Wildman–Crippen MR) is 131 cm³/mol. The van der Waals surface area contributed by atoms with Gasteiger partial charge in [0.2, 0.25) is 0 Å². The molecule has 3 aromatic rings. The average Bonchev–Trinajstić information content (AvgIpc) is 2.78. The molecular weight excluding hydrogens is 402 g/mol. The van der Waals surface area contributed by atoms with Crippen molar-refractivity contribution in [2.24, 2.45) is 0 Å². The average molecular weight is 436 g/mol. The molecule has 0 saturated heterocycles. The molecule has 0 radical (unpaired) electrons. The Balaban J connectivity index is 2.02. The smallest absolute Gasteiger partial charge is 0.235 e. The van der Waals surface area contributed by atoms with Crippen LogP contribution in [0.25, 0.3) is 0 Å². The number of benzene rings is 3. The molecule has 0 saturated carbocycles. The summed E-state index contributed by atoms with van der Waals surface area (Å²) in [5, 5.41) is 0. The Morgan fingerprint density at radius 2 is 1.06 bits per heavy atom. The van der Waals surface area contributed by atoms with Gasteiger partial charge in [0.05, 0.1) is 16.3 Å². The van der Waals surface area contributed by atoms with Crippen LogP contribution in [0, 0.1) is 6.92 Å². The molecule has 3 rings (SSSR count). The third kappa shape index (κ3) is 5.76. The molecule has 0 aromatic heterocycles. The first-order valence-electron chi connectivity index (χ1n) is 11.3. The van der Waals surface area contributed by atoms with Crippen molar-refractivity contribution in [2.45, 2.75) is 64.2 Å². The number of sulfonamides is 1. The van der Waals surface area contributed by atoms with Gasteiger partial charge in [-0.2, -0.15) is 0 Å². The molecule has 0 fully saturated rings. The minimum Gasteiger partial charge on any atom is -0.235 e. The lowest BCUT2D eigenvalue weighted by atomic mass is 10.1. The van der Waals surface area contributed by atoms with Gasteiger partial charge in [0.15, 0.2) is 0 Å². The van der Waals surface area contributed by atoms with E-state index in [2.05, 4.69) is 13.8 Å². The van der Waals surface area contributed by atoms with Gasteiger partial charge in [0.1, 0.15) is 0 Å². The first-order valence-corrected chi connectivity index (χ1v) is 12.7. The van der Waals surface area contributed by atoms with E-state index < -0.39 is 10.0 Å². The Bertz CT molecular complexity index is 1000. The molecule has 3 nitrogen and oxygen atoms in total. The van der Waals surface area contributed by atoms with E-state index >= 15 is 0 Å². The fourth-order valence-electron chi connectivity index (χ4n) is 3.60. The van der Waals surface area contributed by atoms with Gasteiger partial charge < -0.3 is 0 Å². The van der Waals surface area contributed by atoms with E-state index in [1.807, 2.05) is 67.6 Å². The molecule has 0 aliphatic carbocycles. The highest BCUT2D eigenvalue weighted by molar-refractivity contribution is 7.93. The number of unbranched alkanes of at least 4 members (excludes halogenated alkanes) is 2. The van der Waals surface area contributed by atoms with Gasteiger partial charge in [-0.15, -0.1) is 0 Å². The Morgan fingerprint density at radius 3 is 1.45 bits per heavy atom. The van der Waals surface area contributed by atoms with Crippen LogP contribution in [0.4, 0.5) is 11.4 Å². The summed E-state index contributed by atoms with van der Waals surface area (Å²) in [5.41, 5.74) is 4.80. The van der Waals surface area contributed by atoms with Crippen LogP contribution in [-0.4, -0.2) is 8.42 Å². The van der Waals surface area contributed by atoms with E-state index in [0.717, 1.165) is 44.1 Å². The Morgan fingerprint density at radius 1 is 0.645 bits per heavy atom. The quantitative estimate of drug-likeness (QED) is 0.337. The molecule has 0 atom stereocenters. The lowest BCUT2D eigenvalue weighted by molar-refractivity contribution is 0.596. The second kappa shape index (κ2) is 10.6. The minimum atomic E-state index is -3.75. The van der Waals surface area contributed by atoms with E-state index in [1.165, 1.54) is 15.4 Å². The molecule has 0 aliphatic rings. The minimum absolute atomic E-state index is 0.295. The SMILES string of the molecule is CCCCc1ccc(N(c2ccc(CCCC)cc2)S(=O)(=O)c2ccc(C)cc2)cc1. The van der Waals surface area contributed by atoms with Crippen molar-refractivity contribution in [3.63, 3.8) is 0 Å². The Hall–Kier alpha value is -2.59. The van der Waals surface area contributed by atoms with Gasteiger partial charge in [0.25, 0.3) is 10.0 Å². The van der Waals surface area contributed by atoms with Crippen LogP contribution in [0.1, 0.15) is 56.2 Å². The number of aryl methyl sites for hydroxylation is 3. The molecule has 3 aromatic carbocycles. The van der Waals surface area contributed by atoms with E-state index in [0.29, 0.717) is 16.3 Å². The molecule has 4 heteroatoms. The summed E-state index contributed by atoms with van der Waals surface area (Å²) in [6.07, 6.45) is 6.55. The largest absolute Gasteiger partial charge is 0.268 e. The molecule has 0 spiro atoms. The van der Waals surface area contributed by atoms with Gasteiger partial charge in [-0.3, -0.25) is 0 Å². The lowest BCUT2D eigenvalue weighted by Crippen LogP contribution is -2.26. The van der Waals surface area contributed by atoms with Crippen molar-refractivity contribution in [3.05, 3.63) is 89.5 Å². The summed E-state index contributed by atoms with van der Waals surface area (Å²) in [7, 11) is -3.75. The molecule has 0 amide bonds. The molecule has 164 valence electrons. The van der Waals surface area contributed by atoms with Gasteiger partial charge in [-0.1, -0.05) is 68.7 Å². The second-order valence-electron chi connectivity index (χ2n) is 8.12. The molecule has 31 heavy (non-hydrogen) atoms. The first kappa shape index (κ1) is 23.1. The first-order chi connectivity index (χ1) is 15.0. The van der Waals surface area contributed by atoms with Crippen LogP contribution in [0.2, 0.25) is 0 Å². The van der Waals surface area contributed by atoms with E-state index in [1.54, 1.807) is 12.1 Å². The third-order valence-electron chi connectivity index (χ3n) is 5.54. The van der Waals surface area contributed by atoms with Crippen LogP contribution < -0.4 is 4.31 Å². The van der Waals surface area contributed by atoms with Gasteiger partial charge >= 0.3 is 0 Å². The highest BCUT2D eigenvalue weighted by Crippen LogP contribution is 2.33. The third-order valence-corrected chi connectivity index (χ3v) is 7.31. The summed E-state index contributed by atoms with van der Waals surface area (Å²) in [5.74, 6) is 0. The fourth-order valence-corrected chi connectivity index (χ4v) is 5.09. The van der Waals surface area contributed by atoms with E-state index in [4.69, 9.17) is 0 Å². The summed E-state index contributed by atoms with van der Waals surface area (Å²) in [6.45, 7) is 6.31. The van der Waals surface area contributed by atoms with Crippen LogP contribution in [0.15, 0.2) is 77.7 Å². The molecule has 0 N–H and O–H groups in total. The van der Waals surface area contributed by atoms with Crippen molar-refractivity contribution in [1.29, 1.82) is 0 Å². The maximum Gasteiger partial charge on any atom is 0.268 e. The number of rotatable bonds is 10. The van der Waals surface area contributed by atoms with Crippen molar-refractivity contribution in [2.75, 3.05) is 4.31 Å². The number of anilines is 2. The molecule has 0 heterocycles. The van der Waals surface area contributed by atoms with Crippen LogP contribution in [-0.2, 0) is 22.9 Å². The molecular formula is C27H33NO2S. The number of hydrogen-bond acceptors (Lipinski definition) is 2. The van der Waals surface area contributed by atoms with E-state index in [-0.39, 0.29) is 0 Å². The van der Waals surface area contributed by atoms with Crippen molar-refractivity contribution >= 4 is 21.4 Å². The summed E-state index contributed by atoms with van der Waals surface area (Å²) in [4.78, 5) is 0.295.